The molecule has 19 rings (SSSR count). The van der Waals surface area contributed by atoms with E-state index < -0.39 is 0 Å². The fourth-order valence-electron chi connectivity index (χ4n) is 16.8. The Hall–Kier alpha value is -13.1. The molecule has 0 amide bonds. The minimum absolute atomic E-state index is 0.242. The molecule has 2 heterocycles. The average molecular weight is 1340 g/mol. The number of rotatable bonds is 12. The Kier molecular flexibility index (Phi) is 15.6. The Balaban J connectivity index is 0.969. The third kappa shape index (κ3) is 11.1. The molecule has 0 radical (unpaired) electrons. The van der Waals surface area contributed by atoms with E-state index in [0.717, 1.165) is 112 Å². The zero-order valence-corrected chi connectivity index (χ0v) is 58.9. The van der Waals surface area contributed by atoms with Crippen molar-refractivity contribution in [1.82, 2.24) is 0 Å². The lowest BCUT2D eigenvalue weighted by atomic mass is 9.33. The first-order chi connectivity index (χ1) is 51.8. The van der Waals surface area contributed by atoms with E-state index in [1.165, 1.54) is 76.9 Å². The number of hydrogen-bond donors (Lipinski definition) is 0. The van der Waals surface area contributed by atoms with Crippen molar-refractivity contribution in [3.05, 3.63) is 394 Å². The first-order valence-electron chi connectivity index (χ1n) is 36.7. The summed E-state index contributed by atoms with van der Waals surface area (Å²) in [6, 6.07) is 145. The van der Waals surface area contributed by atoms with Gasteiger partial charge >= 0.3 is 0 Å². The number of hydrogen-bond acceptors (Lipinski definition) is 2. The van der Waals surface area contributed by atoms with Crippen molar-refractivity contribution in [1.29, 1.82) is 0 Å². The molecule has 2 nitrogen and oxygen atoms in total. The molecule has 0 saturated heterocycles. The van der Waals surface area contributed by atoms with Gasteiger partial charge in [-0.1, -0.05) is 354 Å². The van der Waals surface area contributed by atoms with Crippen molar-refractivity contribution in [3.8, 4) is 111 Å². The van der Waals surface area contributed by atoms with Crippen LogP contribution < -0.4 is 26.2 Å². The zero-order chi connectivity index (χ0) is 70.1. The van der Waals surface area contributed by atoms with Crippen LogP contribution in [0.2, 0.25) is 0 Å². The van der Waals surface area contributed by atoms with Gasteiger partial charge in [-0.3, -0.25) is 0 Å². The lowest BCUT2D eigenvalue weighted by Crippen LogP contribution is -2.61. The van der Waals surface area contributed by atoms with E-state index in [1.807, 2.05) is 0 Å². The smallest absolute Gasteiger partial charge is 0.252 e. The quantitative estimate of drug-likeness (QED) is 0.0888. The molecule has 0 spiro atoms. The van der Waals surface area contributed by atoms with E-state index in [-0.39, 0.29) is 12.1 Å². The van der Waals surface area contributed by atoms with Gasteiger partial charge in [-0.2, -0.15) is 0 Å². The van der Waals surface area contributed by atoms with Crippen molar-refractivity contribution in [2.24, 2.45) is 0 Å². The Bertz CT molecular complexity index is 6020. The highest BCUT2D eigenvalue weighted by Gasteiger charge is 2.46. The largest absolute Gasteiger partial charge is 0.310 e. The van der Waals surface area contributed by atoms with E-state index >= 15 is 0 Å². The molecule has 0 N–H and O–H groups in total. The van der Waals surface area contributed by atoms with Gasteiger partial charge < -0.3 is 9.80 Å². The Morgan fingerprint density at radius 3 is 0.933 bits per heavy atom. The van der Waals surface area contributed by atoms with E-state index in [0.29, 0.717) is 0 Å². The SMILES string of the molecule is CC(C)(C)c1cc2c3c(c1)N(c1c(-c4ccccc4)cc(-c4ccccc4)cc1-c1ccccc1)c1cc(-c4ccc5c(-c6ccccc6)c6ccccc6c(-c6ccccc6)c5c4)ccc1B3c1cc(-c3ccccc3)ccc1N2c1c(-c2ccccc2)cc(-c2ccccc2)cc1-c1ccccc1. The third-order valence-electron chi connectivity index (χ3n) is 21.7. The van der Waals surface area contributed by atoms with Crippen LogP contribution >= 0.6 is 0 Å². The highest BCUT2D eigenvalue weighted by molar-refractivity contribution is 7.00. The summed E-state index contributed by atoms with van der Waals surface area (Å²) in [5, 5.41) is 4.89. The van der Waals surface area contributed by atoms with Crippen LogP contribution in [-0.2, 0) is 5.41 Å². The molecule has 0 bridgehead atoms. The minimum atomic E-state index is -0.328. The van der Waals surface area contributed by atoms with Gasteiger partial charge in [0.15, 0.2) is 0 Å². The second kappa shape index (κ2) is 26.1. The summed E-state index contributed by atoms with van der Waals surface area (Å²) in [4.78, 5) is 5.41. The molecule has 3 heteroatoms. The maximum absolute atomic E-state index is 2.72. The Morgan fingerprint density at radius 2 is 0.524 bits per heavy atom. The first kappa shape index (κ1) is 62.9. The van der Waals surface area contributed by atoms with Gasteiger partial charge in [0.25, 0.3) is 6.71 Å². The molecule has 0 aromatic heterocycles. The van der Waals surface area contributed by atoms with Gasteiger partial charge in [0.1, 0.15) is 0 Å². The highest BCUT2D eigenvalue weighted by Crippen LogP contribution is 2.56. The van der Waals surface area contributed by atoms with Crippen LogP contribution in [0.25, 0.3) is 133 Å². The van der Waals surface area contributed by atoms with Crippen LogP contribution in [-0.4, -0.2) is 6.71 Å². The summed E-state index contributed by atoms with van der Waals surface area (Å²) < 4.78 is 0. The number of benzene rings is 17. The summed E-state index contributed by atoms with van der Waals surface area (Å²) in [6.07, 6.45) is 0. The molecule has 105 heavy (non-hydrogen) atoms. The fraction of sp³-hybridized carbons (Fsp3) is 0.0392. The zero-order valence-electron chi connectivity index (χ0n) is 58.9. The van der Waals surface area contributed by atoms with Crippen LogP contribution in [0.1, 0.15) is 26.3 Å². The molecule has 17 aromatic rings. The second-order valence-corrected chi connectivity index (χ2v) is 29.0. The Labute approximate surface area is 615 Å². The fourth-order valence-corrected chi connectivity index (χ4v) is 16.8. The number of fused-ring (bicyclic) bond motifs is 6. The summed E-state index contributed by atoms with van der Waals surface area (Å²) in [6.45, 7) is 6.92. The van der Waals surface area contributed by atoms with Crippen molar-refractivity contribution in [2.45, 2.75) is 26.2 Å². The van der Waals surface area contributed by atoms with E-state index in [2.05, 4.69) is 419 Å². The molecule has 17 aromatic carbocycles. The first-order valence-corrected chi connectivity index (χ1v) is 36.7. The predicted molar refractivity (Wildman–Crippen MR) is 449 cm³/mol. The Morgan fingerprint density at radius 1 is 0.210 bits per heavy atom. The van der Waals surface area contributed by atoms with Crippen LogP contribution in [0.4, 0.5) is 34.1 Å². The molecule has 2 aliphatic heterocycles. The van der Waals surface area contributed by atoms with Gasteiger partial charge in [-0.05, 0) is 193 Å². The maximum Gasteiger partial charge on any atom is 0.252 e. The molecular formula is C102H73BN2. The molecule has 0 fully saturated rings. The summed E-state index contributed by atoms with van der Waals surface area (Å²) in [7, 11) is 0. The number of anilines is 6. The predicted octanol–water partition coefficient (Wildman–Crippen LogP) is 26.0. The van der Waals surface area contributed by atoms with Crippen LogP contribution in [0.15, 0.2) is 388 Å². The molecule has 0 atom stereocenters. The van der Waals surface area contributed by atoms with Crippen molar-refractivity contribution in [2.75, 3.05) is 9.80 Å². The standard InChI is InChI=1S/C102H73BN2/c1-102(2,3)82-66-95-99-96(67-82)105(101-88(73-43-23-9-24-44-73)62-81(70-37-17-6-18-38-70)63-89(101)74-45-25-10-26-46-74)94-65-79(77-53-56-85-90(59-77)98(76-49-29-12-30-50-76)84-52-32-31-51-83(84)97(85)75-47-27-11-28-48-75)54-57-91(94)103(99)92-64-78(68-33-13-4-14-34-68)55-58-93(92)104(95)100-86(71-39-19-7-20-40-71)60-80(69-35-15-5-16-36-69)61-87(100)72-41-21-8-22-42-72/h4-67H,1-3H3. The molecule has 494 valence electrons. The van der Waals surface area contributed by atoms with Crippen molar-refractivity contribution in [3.63, 3.8) is 0 Å². The molecular weight excluding hydrogens is 1260 g/mol. The topological polar surface area (TPSA) is 6.48 Å². The third-order valence-corrected chi connectivity index (χ3v) is 21.7. The van der Waals surface area contributed by atoms with Gasteiger partial charge in [0.2, 0.25) is 0 Å². The van der Waals surface area contributed by atoms with Crippen molar-refractivity contribution < 1.29 is 0 Å². The average Bonchev–Trinajstić information content (AvgIpc) is 0.689. The lowest BCUT2D eigenvalue weighted by Gasteiger charge is -2.46. The molecule has 2 aliphatic rings. The van der Waals surface area contributed by atoms with Gasteiger partial charge in [0, 0.05) is 45.0 Å². The normalized spacial score (nSPS) is 12.3. The van der Waals surface area contributed by atoms with E-state index in [4.69, 9.17) is 0 Å². The number of nitrogens with zero attached hydrogens (tertiary/aromatic N) is 2. The summed E-state index contributed by atoms with van der Waals surface area (Å²) in [5.41, 5.74) is 34.6. The van der Waals surface area contributed by atoms with Crippen LogP contribution in [0, 0.1) is 0 Å². The molecule has 0 aliphatic carbocycles. The lowest BCUT2D eigenvalue weighted by molar-refractivity contribution is 0.590. The molecule has 0 saturated carbocycles. The maximum atomic E-state index is 2.72. The minimum Gasteiger partial charge on any atom is -0.310 e. The van der Waals surface area contributed by atoms with Gasteiger partial charge in [-0.25, -0.2) is 0 Å². The van der Waals surface area contributed by atoms with Gasteiger partial charge in [0.05, 0.1) is 11.4 Å². The monoisotopic (exact) mass is 1340 g/mol. The van der Waals surface area contributed by atoms with Crippen LogP contribution in [0.3, 0.4) is 0 Å². The molecule has 0 unspecified atom stereocenters. The second-order valence-electron chi connectivity index (χ2n) is 29.0. The summed E-state index contributed by atoms with van der Waals surface area (Å²) >= 11 is 0. The highest BCUT2D eigenvalue weighted by atomic mass is 15.2. The van der Waals surface area contributed by atoms with E-state index in [1.54, 1.807) is 0 Å². The van der Waals surface area contributed by atoms with E-state index in [9.17, 15) is 0 Å². The van der Waals surface area contributed by atoms with Crippen LogP contribution in [0.5, 0.6) is 0 Å². The summed E-state index contributed by atoms with van der Waals surface area (Å²) in [5.74, 6) is 0. The van der Waals surface area contributed by atoms with Gasteiger partial charge in [-0.15, -0.1) is 0 Å². The van der Waals surface area contributed by atoms with Crippen molar-refractivity contribution >= 4 is 78.8 Å².